The molecule has 2 aromatic carbocycles. The Kier molecular flexibility index (Phi) is 5.23. The van der Waals surface area contributed by atoms with E-state index in [1.165, 1.54) is 18.2 Å². The molecular formula is C19H15ClF3NO2. The number of halogens is 4. The van der Waals surface area contributed by atoms with Crippen LogP contribution in [0.1, 0.15) is 29.2 Å². The van der Waals surface area contributed by atoms with Crippen molar-refractivity contribution in [3.05, 3.63) is 70.3 Å². The molecule has 0 saturated carbocycles. The highest BCUT2D eigenvalue weighted by molar-refractivity contribution is 6.31. The first-order valence-electron chi connectivity index (χ1n) is 7.91. The van der Waals surface area contributed by atoms with Crippen LogP contribution in [0, 0.1) is 0 Å². The zero-order chi connectivity index (χ0) is 18.7. The number of benzene rings is 2. The van der Waals surface area contributed by atoms with Gasteiger partial charge in [-0.25, -0.2) is 0 Å². The second kappa shape index (κ2) is 7.41. The zero-order valence-electron chi connectivity index (χ0n) is 13.5. The van der Waals surface area contributed by atoms with Gasteiger partial charge < -0.3 is 10.1 Å². The predicted molar refractivity (Wildman–Crippen MR) is 92.9 cm³/mol. The smallest absolute Gasteiger partial charge is 0.417 e. The summed E-state index contributed by atoms with van der Waals surface area (Å²) in [6.45, 7) is 0.484. The lowest BCUT2D eigenvalue weighted by atomic mass is 10.0. The summed E-state index contributed by atoms with van der Waals surface area (Å²) in [6.07, 6.45) is -1.39. The Morgan fingerprint density at radius 3 is 2.77 bits per heavy atom. The lowest BCUT2D eigenvalue weighted by molar-refractivity contribution is -0.137. The molecule has 1 aliphatic rings. The largest absolute Gasteiger partial charge is 0.493 e. The van der Waals surface area contributed by atoms with E-state index in [0.29, 0.717) is 13.0 Å². The van der Waals surface area contributed by atoms with Gasteiger partial charge >= 0.3 is 6.18 Å². The molecule has 7 heteroatoms. The second-order valence-corrected chi connectivity index (χ2v) is 6.21. The first kappa shape index (κ1) is 18.3. The van der Waals surface area contributed by atoms with Crippen molar-refractivity contribution in [2.45, 2.75) is 18.6 Å². The summed E-state index contributed by atoms with van der Waals surface area (Å²) >= 11 is 5.59. The van der Waals surface area contributed by atoms with Crippen LogP contribution < -0.4 is 10.1 Å². The van der Waals surface area contributed by atoms with Gasteiger partial charge in [-0.3, -0.25) is 4.79 Å². The number of rotatable bonds is 3. The maximum Gasteiger partial charge on any atom is 0.417 e. The van der Waals surface area contributed by atoms with E-state index in [2.05, 4.69) is 5.32 Å². The van der Waals surface area contributed by atoms with Gasteiger partial charge in [0.25, 0.3) is 0 Å². The van der Waals surface area contributed by atoms with Crippen LogP contribution in [0.4, 0.5) is 13.2 Å². The molecule has 26 heavy (non-hydrogen) atoms. The number of amides is 1. The van der Waals surface area contributed by atoms with Crippen molar-refractivity contribution in [3.8, 4) is 5.75 Å². The Hall–Kier alpha value is -2.47. The number of nitrogens with one attached hydrogen (secondary N) is 1. The molecular weight excluding hydrogens is 367 g/mol. The summed E-state index contributed by atoms with van der Waals surface area (Å²) < 4.78 is 44.2. The maximum absolute atomic E-state index is 12.9. The molecule has 0 fully saturated rings. The van der Waals surface area contributed by atoms with Crippen LogP contribution in [-0.2, 0) is 11.0 Å². The van der Waals surface area contributed by atoms with Gasteiger partial charge in [0.15, 0.2) is 0 Å². The second-order valence-electron chi connectivity index (χ2n) is 5.81. The van der Waals surface area contributed by atoms with Gasteiger partial charge in [0.1, 0.15) is 5.75 Å². The number of alkyl halides is 3. The number of carbonyl (C=O) groups excluding carboxylic acids is 1. The van der Waals surface area contributed by atoms with Gasteiger partial charge in [0, 0.05) is 18.1 Å². The van der Waals surface area contributed by atoms with E-state index < -0.39 is 17.6 Å². The molecule has 0 radical (unpaired) electrons. The Bertz CT molecular complexity index is 849. The number of para-hydroxylation sites is 1. The van der Waals surface area contributed by atoms with Crippen LogP contribution in [-0.4, -0.2) is 12.5 Å². The minimum absolute atomic E-state index is 0.201. The molecule has 1 N–H and O–H groups in total. The monoisotopic (exact) mass is 381 g/mol. The van der Waals surface area contributed by atoms with Crippen molar-refractivity contribution in [1.29, 1.82) is 0 Å². The van der Waals surface area contributed by atoms with Crippen LogP contribution >= 0.6 is 11.6 Å². The fraction of sp³-hybridized carbons (Fsp3) is 0.211. The summed E-state index contributed by atoms with van der Waals surface area (Å²) in [6, 6.07) is 10.7. The fourth-order valence-electron chi connectivity index (χ4n) is 2.75. The third-order valence-corrected chi connectivity index (χ3v) is 4.33. The first-order chi connectivity index (χ1) is 12.3. The van der Waals surface area contributed by atoms with E-state index in [9.17, 15) is 18.0 Å². The van der Waals surface area contributed by atoms with Crippen LogP contribution in [0.15, 0.2) is 48.5 Å². The molecule has 1 aliphatic heterocycles. The Balaban J connectivity index is 1.71. The highest BCUT2D eigenvalue weighted by Crippen LogP contribution is 2.35. The van der Waals surface area contributed by atoms with E-state index in [4.69, 9.17) is 16.3 Å². The maximum atomic E-state index is 12.9. The molecule has 1 heterocycles. The number of hydrogen-bond acceptors (Lipinski definition) is 2. The lowest BCUT2D eigenvalue weighted by Gasteiger charge is -2.26. The molecule has 3 nitrogen and oxygen atoms in total. The van der Waals surface area contributed by atoms with Gasteiger partial charge in [-0.2, -0.15) is 13.2 Å². The Morgan fingerprint density at radius 2 is 2.00 bits per heavy atom. The fourth-order valence-corrected chi connectivity index (χ4v) is 2.97. The van der Waals surface area contributed by atoms with Crippen molar-refractivity contribution >= 4 is 23.6 Å². The van der Waals surface area contributed by atoms with Crippen LogP contribution in [0.2, 0.25) is 5.02 Å². The quantitative estimate of drug-likeness (QED) is 0.759. The van der Waals surface area contributed by atoms with Crippen molar-refractivity contribution in [2.24, 2.45) is 0 Å². The zero-order valence-corrected chi connectivity index (χ0v) is 14.3. The molecule has 0 bridgehead atoms. The summed E-state index contributed by atoms with van der Waals surface area (Å²) in [5.41, 5.74) is 0.190. The molecule has 0 aliphatic carbocycles. The van der Waals surface area contributed by atoms with Gasteiger partial charge in [-0.15, -0.1) is 0 Å². The molecule has 136 valence electrons. The lowest BCUT2D eigenvalue weighted by Crippen LogP contribution is -2.30. The van der Waals surface area contributed by atoms with Gasteiger partial charge in [-0.1, -0.05) is 35.9 Å². The molecule has 1 amide bonds. The molecule has 2 aromatic rings. The minimum Gasteiger partial charge on any atom is -0.493 e. The predicted octanol–water partition coefficient (Wildman–Crippen LogP) is 5.01. The van der Waals surface area contributed by atoms with Crippen molar-refractivity contribution in [3.63, 3.8) is 0 Å². The number of carbonyl (C=O) groups is 1. The average Bonchev–Trinajstić information content (AvgIpc) is 2.60. The summed E-state index contributed by atoms with van der Waals surface area (Å²) in [7, 11) is 0. The number of ether oxygens (including phenoxy) is 1. The molecule has 0 aromatic heterocycles. The van der Waals surface area contributed by atoms with Crippen molar-refractivity contribution < 1.29 is 22.7 Å². The van der Waals surface area contributed by atoms with E-state index in [0.717, 1.165) is 23.4 Å². The van der Waals surface area contributed by atoms with Crippen molar-refractivity contribution in [1.82, 2.24) is 5.32 Å². The van der Waals surface area contributed by atoms with Gasteiger partial charge in [0.05, 0.1) is 23.2 Å². The highest BCUT2D eigenvalue weighted by atomic mass is 35.5. The highest BCUT2D eigenvalue weighted by Gasteiger charge is 2.33. The normalized spacial score (nSPS) is 16.8. The molecule has 1 unspecified atom stereocenters. The van der Waals surface area contributed by atoms with Crippen LogP contribution in [0.5, 0.6) is 5.75 Å². The van der Waals surface area contributed by atoms with E-state index >= 15 is 0 Å². The summed E-state index contributed by atoms with van der Waals surface area (Å²) in [5, 5.41) is 2.47. The summed E-state index contributed by atoms with van der Waals surface area (Å²) in [5.74, 6) is 0.329. The molecule has 1 atom stereocenters. The number of fused-ring (bicyclic) bond motifs is 1. The van der Waals surface area contributed by atoms with Crippen LogP contribution in [0.3, 0.4) is 0 Å². The van der Waals surface area contributed by atoms with Gasteiger partial charge in [0.2, 0.25) is 5.91 Å². The minimum atomic E-state index is -4.55. The molecule has 0 spiro atoms. The molecule has 0 saturated heterocycles. The third-order valence-electron chi connectivity index (χ3n) is 4.00. The summed E-state index contributed by atoms with van der Waals surface area (Å²) in [4.78, 5) is 12.2. The van der Waals surface area contributed by atoms with E-state index in [1.54, 1.807) is 0 Å². The third kappa shape index (κ3) is 4.19. The SMILES string of the molecule is O=C(/C=C/c1ccc(Cl)c(C(F)(F)F)c1)NC1CCOc2ccccc21. The first-order valence-corrected chi connectivity index (χ1v) is 8.29. The van der Waals surface area contributed by atoms with Gasteiger partial charge in [-0.05, 0) is 29.8 Å². The van der Waals surface area contributed by atoms with E-state index in [-0.39, 0.29) is 16.6 Å². The Labute approximate surface area is 153 Å². The molecule has 3 rings (SSSR count). The van der Waals surface area contributed by atoms with Crippen LogP contribution in [0.25, 0.3) is 6.08 Å². The Morgan fingerprint density at radius 1 is 1.23 bits per heavy atom. The van der Waals surface area contributed by atoms with E-state index in [1.807, 2.05) is 24.3 Å². The standard InChI is InChI=1S/C19H15ClF3NO2/c20-15-7-5-12(11-14(15)19(21,22)23)6-8-18(25)24-16-9-10-26-17-4-2-1-3-13(16)17/h1-8,11,16H,9-10H2,(H,24,25)/b8-6+. The average molecular weight is 382 g/mol. The topological polar surface area (TPSA) is 38.3 Å². The number of hydrogen-bond donors (Lipinski definition) is 1. The van der Waals surface area contributed by atoms with Crippen molar-refractivity contribution in [2.75, 3.05) is 6.61 Å².